The summed E-state index contributed by atoms with van der Waals surface area (Å²) in [6.45, 7) is 7.38. The third kappa shape index (κ3) is 5.95. The smallest absolute Gasteiger partial charge is 0.276 e. The number of H-pyrrole nitrogens is 1. The number of halogens is 2. The van der Waals surface area contributed by atoms with E-state index in [9.17, 15) is 32.8 Å². The van der Waals surface area contributed by atoms with Crippen LogP contribution in [0.15, 0.2) is 30.6 Å². The Morgan fingerprint density at radius 1 is 1.00 bits per heavy atom. The lowest BCUT2D eigenvalue weighted by Crippen LogP contribution is -2.54. The van der Waals surface area contributed by atoms with Gasteiger partial charge in [0.1, 0.15) is 6.04 Å². The number of aromatic nitrogens is 4. The van der Waals surface area contributed by atoms with Crippen LogP contribution in [0.5, 0.6) is 0 Å². The molecular formula is C36H41F2N9O5. The number of alkyl halides is 2. The first-order valence-corrected chi connectivity index (χ1v) is 17.9. The van der Waals surface area contributed by atoms with E-state index in [2.05, 4.69) is 35.7 Å². The van der Waals surface area contributed by atoms with Gasteiger partial charge in [-0.25, -0.2) is 8.78 Å². The molecule has 3 N–H and O–H groups in total. The van der Waals surface area contributed by atoms with Crippen LogP contribution in [0.3, 0.4) is 0 Å². The van der Waals surface area contributed by atoms with Gasteiger partial charge in [0.15, 0.2) is 5.69 Å². The Hall–Kier alpha value is -4.99. The van der Waals surface area contributed by atoms with E-state index in [-0.39, 0.29) is 47.7 Å². The van der Waals surface area contributed by atoms with Crippen LogP contribution in [0.1, 0.15) is 94.5 Å². The van der Waals surface area contributed by atoms with Gasteiger partial charge in [-0.2, -0.15) is 10.2 Å². The van der Waals surface area contributed by atoms with Crippen molar-refractivity contribution in [2.24, 2.45) is 11.3 Å². The largest absolute Gasteiger partial charge is 0.371 e. The molecular weight excluding hydrogens is 676 g/mol. The SMILES string of the molecule is CC1(C)Cc2[nH]nc(C(=O)Nc3cnn(C4CCN(CC5CCN(c6ccc7c(c6)C(=O)N(C6CCC(=O)NC6=O)C7=O)C5)CC4)c3)c2CC1(F)F. The lowest BCUT2D eigenvalue weighted by Gasteiger charge is -2.37. The Kier molecular flexibility index (Phi) is 8.27. The lowest BCUT2D eigenvalue weighted by molar-refractivity contribution is -0.136. The minimum atomic E-state index is -2.95. The maximum atomic E-state index is 14.8. The van der Waals surface area contributed by atoms with Crippen LogP contribution in [0, 0.1) is 11.3 Å². The monoisotopic (exact) mass is 717 g/mol. The standard InChI is InChI=1S/C36H41F2N9O5/c1-35(2)15-27-26(14-36(35,37)38)30(43-42-27)32(50)40-21-16-39-46(19-21)22-8-10-44(11-9-22)17-20-7-12-45(18-20)23-3-4-24-25(13-23)34(52)47(33(24)51)28-5-6-29(48)41-31(28)49/h3-4,13,16,19-20,22,28H,5-12,14-15,17-18H2,1-2H3,(H,40,50)(H,42,43)(H,41,48,49). The summed E-state index contributed by atoms with van der Waals surface area (Å²) in [5, 5.41) is 16.4. The summed E-state index contributed by atoms with van der Waals surface area (Å²) in [7, 11) is 0. The molecule has 2 aromatic heterocycles. The van der Waals surface area contributed by atoms with E-state index in [1.807, 2.05) is 10.7 Å². The van der Waals surface area contributed by atoms with E-state index in [0.29, 0.717) is 17.3 Å². The molecule has 5 amide bonds. The highest BCUT2D eigenvalue weighted by atomic mass is 19.3. The average Bonchev–Trinajstić information content (AvgIpc) is 3.89. The number of piperidine rings is 2. The first-order chi connectivity index (χ1) is 24.8. The van der Waals surface area contributed by atoms with Crippen LogP contribution in [0.4, 0.5) is 20.2 Å². The number of amides is 5. The highest BCUT2D eigenvalue weighted by molar-refractivity contribution is 6.23. The highest BCUT2D eigenvalue weighted by Gasteiger charge is 2.52. The summed E-state index contributed by atoms with van der Waals surface area (Å²) in [4.78, 5) is 69.1. The third-order valence-corrected chi connectivity index (χ3v) is 11.6. The number of nitrogens with zero attached hydrogens (tertiary/aromatic N) is 6. The van der Waals surface area contributed by atoms with E-state index >= 15 is 0 Å². The maximum absolute atomic E-state index is 14.8. The molecule has 1 aliphatic carbocycles. The molecule has 52 heavy (non-hydrogen) atoms. The van der Waals surface area contributed by atoms with Gasteiger partial charge in [-0.15, -0.1) is 0 Å². The normalized spacial score (nSPS) is 24.6. The zero-order valence-electron chi connectivity index (χ0n) is 29.1. The minimum Gasteiger partial charge on any atom is -0.371 e. The quantitative estimate of drug-likeness (QED) is 0.312. The fourth-order valence-corrected chi connectivity index (χ4v) is 8.35. The van der Waals surface area contributed by atoms with Crippen LogP contribution in [0.25, 0.3) is 0 Å². The first kappa shape index (κ1) is 34.1. The molecule has 0 bridgehead atoms. The lowest BCUT2D eigenvalue weighted by atomic mass is 9.73. The summed E-state index contributed by atoms with van der Waals surface area (Å²) in [6.07, 6.45) is 5.88. The number of fused-ring (bicyclic) bond motifs is 2. The predicted molar refractivity (Wildman–Crippen MR) is 183 cm³/mol. The number of benzene rings is 1. The number of rotatable bonds is 7. The van der Waals surface area contributed by atoms with Crippen molar-refractivity contribution >= 4 is 40.9 Å². The van der Waals surface area contributed by atoms with Crippen LogP contribution in [-0.4, -0.2) is 104 Å². The van der Waals surface area contributed by atoms with Crippen LogP contribution < -0.4 is 15.5 Å². The fraction of sp³-hybridized carbons (Fsp3) is 0.528. The van der Waals surface area contributed by atoms with E-state index in [4.69, 9.17) is 0 Å². The van der Waals surface area contributed by atoms with Crippen molar-refractivity contribution < 1.29 is 32.8 Å². The van der Waals surface area contributed by atoms with Gasteiger partial charge in [0.2, 0.25) is 11.8 Å². The second-order valence-corrected chi connectivity index (χ2v) is 15.4. The molecule has 1 aromatic carbocycles. The molecule has 8 rings (SSSR count). The van der Waals surface area contributed by atoms with Crippen molar-refractivity contribution in [3.63, 3.8) is 0 Å². The Balaban J connectivity index is 0.827. The zero-order chi connectivity index (χ0) is 36.5. The predicted octanol–water partition coefficient (Wildman–Crippen LogP) is 3.18. The van der Waals surface area contributed by atoms with Crippen LogP contribution in [0.2, 0.25) is 0 Å². The summed E-state index contributed by atoms with van der Waals surface area (Å²) in [5.74, 6) is -5.11. The number of hydrogen-bond acceptors (Lipinski definition) is 9. The van der Waals surface area contributed by atoms with E-state index in [0.717, 1.165) is 62.6 Å². The van der Waals surface area contributed by atoms with Gasteiger partial charge >= 0.3 is 0 Å². The summed E-state index contributed by atoms with van der Waals surface area (Å²) in [5.41, 5.74) is 1.52. The summed E-state index contributed by atoms with van der Waals surface area (Å²) in [6, 6.07) is 4.43. The Bertz CT molecular complexity index is 1980. The van der Waals surface area contributed by atoms with Crippen molar-refractivity contribution in [3.8, 4) is 0 Å². The second-order valence-electron chi connectivity index (χ2n) is 15.4. The summed E-state index contributed by atoms with van der Waals surface area (Å²) >= 11 is 0. The molecule has 4 aliphatic heterocycles. The van der Waals surface area contributed by atoms with Crippen molar-refractivity contribution in [2.75, 3.05) is 42.9 Å². The number of aromatic amines is 1. The van der Waals surface area contributed by atoms with Gasteiger partial charge in [0.05, 0.1) is 29.1 Å². The fourth-order valence-electron chi connectivity index (χ4n) is 8.35. The molecule has 6 heterocycles. The van der Waals surface area contributed by atoms with Gasteiger partial charge in [0.25, 0.3) is 23.6 Å². The topological polar surface area (TPSA) is 166 Å². The van der Waals surface area contributed by atoms with Crippen molar-refractivity contribution in [3.05, 3.63) is 58.7 Å². The molecule has 0 radical (unpaired) electrons. The number of anilines is 2. The molecule has 2 atom stereocenters. The molecule has 3 fully saturated rings. The van der Waals surface area contributed by atoms with Crippen LogP contribution in [-0.2, 0) is 22.4 Å². The maximum Gasteiger partial charge on any atom is 0.276 e. The van der Waals surface area contributed by atoms with Gasteiger partial charge in [0, 0.05) is 80.5 Å². The van der Waals surface area contributed by atoms with Crippen LogP contribution >= 0.6 is 0 Å². The Morgan fingerprint density at radius 2 is 1.77 bits per heavy atom. The average molecular weight is 718 g/mol. The Morgan fingerprint density at radius 3 is 2.54 bits per heavy atom. The Labute approximate surface area is 298 Å². The van der Waals surface area contributed by atoms with Gasteiger partial charge < -0.3 is 15.1 Å². The molecule has 2 unspecified atom stereocenters. The molecule has 3 aromatic rings. The number of imide groups is 2. The highest BCUT2D eigenvalue weighted by Crippen LogP contribution is 2.46. The second kappa shape index (κ2) is 12.6. The number of hydrogen-bond donors (Lipinski definition) is 3. The van der Waals surface area contributed by atoms with Gasteiger partial charge in [-0.3, -0.25) is 44.0 Å². The van der Waals surface area contributed by atoms with Crippen molar-refractivity contribution in [1.29, 1.82) is 0 Å². The van der Waals surface area contributed by atoms with E-state index < -0.39 is 53.3 Å². The van der Waals surface area contributed by atoms with Crippen molar-refractivity contribution in [1.82, 2.24) is 35.1 Å². The molecule has 274 valence electrons. The number of carbonyl (C=O) groups excluding carboxylic acids is 5. The van der Waals surface area contributed by atoms with Gasteiger partial charge in [-0.05, 0) is 49.8 Å². The number of carbonyl (C=O) groups is 5. The van der Waals surface area contributed by atoms with E-state index in [1.165, 1.54) is 13.8 Å². The first-order valence-electron chi connectivity index (χ1n) is 17.9. The van der Waals surface area contributed by atoms with E-state index in [1.54, 1.807) is 24.5 Å². The summed E-state index contributed by atoms with van der Waals surface area (Å²) < 4.78 is 31.4. The third-order valence-electron chi connectivity index (χ3n) is 11.6. The molecule has 0 saturated carbocycles. The molecule has 14 nitrogen and oxygen atoms in total. The minimum absolute atomic E-state index is 0.00657. The molecule has 5 aliphatic rings. The zero-order valence-corrected chi connectivity index (χ0v) is 29.1. The van der Waals surface area contributed by atoms with Gasteiger partial charge in [-0.1, -0.05) is 13.8 Å². The van der Waals surface area contributed by atoms with Crippen molar-refractivity contribution in [2.45, 2.75) is 76.8 Å². The molecule has 16 heteroatoms. The molecule has 3 saturated heterocycles. The number of likely N-dealkylation sites (tertiary alicyclic amines) is 1. The molecule has 0 spiro atoms. The number of nitrogens with one attached hydrogen (secondary N) is 3.